The summed E-state index contributed by atoms with van der Waals surface area (Å²) in [6, 6.07) is 13.4. The van der Waals surface area contributed by atoms with Crippen LogP contribution in [0.5, 0.6) is 0 Å². The number of amides is 1. The molecule has 2 aromatic rings. The van der Waals surface area contributed by atoms with Crippen molar-refractivity contribution in [3.8, 4) is 0 Å². The Hall–Kier alpha value is -2.20. The molecule has 3 rings (SSSR count). The normalized spacial score (nSPS) is 13.5. The molecule has 0 saturated heterocycles. The van der Waals surface area contributed by atoms with Crippen LogP contribution in [-0.2, 0) is 17.8 Å². The van der Waals surface area contributed by atoms with E-state index in [0.717, 1.165) is 41.9 Å². The first-order valence-electron chi connectivity index (χ1n) is 7.77. The van der Waals surface area contributed by atoms with Crippen LogP contribution in [0.2, 0.25) is 5.02 Å². The molecule has 23 heavy (non-hydrogen) atoms. The summed E-state index contributed by atoms with van der Waals surface area (Å²) >= 11 is 5.95. The number of nitrogen functional groups attached to an aromatic ring is 1. The van der Waals surface area contributed by atoms with Gasteiger partial charge in [-0.2, -0.15) is 0 Å². The van der Waals surface area contributed by atoms with E-state index in [9.17, 15) is 4.79 Å². The molecule has 1 aliphatic rings. The lowest BCUT2D eigenvalue weighted by Gasteiger charge is -2.31. The average Bonchev–Trinajstić information content (AvgIpc) is 2.54. The molecule has 1 aliphatic heterocycles. The van der Waals surface area contributed by atoms with Gasteiger partial charge in [0.25, 0.3) is 0 Å². The third kappa shape index (κ3) is 3.77. The van der Waals surface area contributed by atoms with Crippen LogP contribution in [0, 0.1) is 0 Å². The molecule has 0 atom stereocenters. The molecule has 0 unspecified atom stereocenters. The minimum Gasteiger partial charge on any atom is -0.398 e. The van der Waals surface area contributed by atoms with Crippen molar-refractivity contribution in [2.75, 3.05) is 23.7 Å². The van der Waals surface area contributed by atoms with Gasteiger partial charge >= 0.3 is 0 Å². The van der Waals surface area contributed by atoms with Crippen LogP contribution in [0.25, 0.3) is 0 Å². The fourth-order valence-corrected chi connectivity index (χ4v) is 3.18. The van der Waals surface area contributed by atoms with Crippen molar-refractivity contribution in [1.82, 2.24) is 5.32 Å². The van der Waals surface area contributed by atoms with Crippen LogP contribution in [0.4, 0.5) is 11.4 Å². The fourth-order valence-electron chi connectivity index (χ4n) is 2.97. The van der Waals surface area contributed by atoms with Gasteiger partial charge in [0, 0.05) is 29.5 Å². The molecule has 3 N–H and O–H groups in total. The minimum absolute atomic E-state index is 0.000231. The number of hydrogen-bond acceptors (Lipinski definition) is 3. The first-order valence-corrected chi connectivity index (χ1v) is 8.15. The van der Waals surface area contributed by atoms with Gasteiger partial charge in [0.15, 0.2) is 0 Å². The number of benzene rings is 2. The molecule has 2 aromatic carbocycles. The zero-order chi connectivity index (χ0) is 16.2. The lowest BCUT2D eigenvalue weighted by atomic mass is 10.00. The average molecular weight is 330 g/mol. The summed E-state index contributed by atoms with van der Waals surface area (Å²) in [5.41, 5.74) is 10.1. The van der Waals surface area contributed by atoms with E-state index in [2.05, 4.69) is 10.2 Å². The molecular formula is C18H20ClN3O. The third-order valence-corrected chi connectivity index (χ3v) is 4.33. The first kappa shape index (κ1) is 15.7. The summed E-state index contributed by atoms with van der Waals surface area (Å²) in [5, 5.41) is 3.63. The minimum atomic E-state index is 0.000231. The Morgan fingerprint density at radius 3 is 2.91 bits per heavy atom. The van der Waals surface area contributed by atoms with E-state index in [4.69, 9.17) is 17.3 Å². The van der Waals surface area contributed by atoms with Gasteiger partial charge < -0.3 is 16.0 Å². The molecule has 0 aromatic heterocycles. The summed E-state index contributed by atoms with van der Waals surface area (Å²) in [6.07, 6.45) is 1.99. The van der Waals surface area contributed by atoms with Crippen molar-refractivity contribution in [1.29, 1.82) is 0 Å². The second kappa shape index (κ2) is 6.92. The monoisotopic (exact) mass is 329 g/mol. The number of nitrogens with two attached hydrogens (primary N) is 1. The topological polar surface area (TPSA) is 58.4 Å². The highest BCUT2D eigenvalue weighted by atomic mass is 35.5. The van der Waals surface area contributed by atoms with Gasteiger partial charge in [-0.05, 0) is 48.2 Å². The Bertz CT molecular complexity index is 717. The van der Waals surface area contributed by atoms with E-state index in [1.165, 1.54) is 0 Å². The van der Waals surface area contributed by atoms with Crippen LogP contribution in [0.15, 0.2) is 42.5 Å². The highest BCUT2D eigenvalue weighted by Crippen LogP contribution is 2.30. The van der Waals surface area contributed by atoms with Crippen molar-refractivity contribution < 1.29 is 4.79 Å². The Kier molecular flexibility index (Phi) is 4.72. The van der Waals surface area contributed by atoms with Crippen molar-refractivity contribution in [3.05, 3.63) is 58.6 Å². The van der Waals surface area contributed by atoms with Gasteiger partial charge in [-0.3, -0.25) is 4.79 Å². The number of carbonyl (C=O) groups is 1. The number of fused-ring (bicyclic) bond motifs is 1. The lowest BCUT2D eigenvalue weighted by Crippen LogP contribution is -2.39. The molecule has 0 spiro atoms. The van der Waals surface area contributed by atoms with Crippen molar-refractivity contribution in [2.45, 2.75) is 19.4 Å². The van der Waals surface area contributed by atoms with Gasteiger partial charge in [0.05, 0.1) is 6.54 Å². The molecule has 120 valence electrons. The van der Waals surface area contributed by atoms with Gasteiger partial charge in [-0.15, -0.1) is 0 Å². The maximum atomic E-state index is 12.2. The Morgan fingerprint density at radius 1 is 1.26 bits per heavy atom. The number of nitrogens with one attached hydrogen (secondary N) is 1. The van der Waals surface area contributed by atoms with E-state index in [0.29, 0.717) is 18.1 Å². The second-order valence-corrected chi connectivity index (χ2v) is 6.21. The van der Waals surface area contributed by atoms with Gasteiger partial charge in [0.2, 0.25) is 5.91 Å². The molecule has 4 nitrogen and oxygen atoms in total. The molecule has 5 heteroatoms. The SMILES string of the molecule is Nc1cccc2c1CCCN2CC(=O)NCc1cccc(Cl)c1. The molecule has 1 amide bonds. The van der Waals surface area contributed by atoms with E-state index >= 15 is 0 Å². The summed E-state index contributed by atoms with van der Waals surface area (Å²) in [4.78, 5) is 14.3. The number of hydrogen-bond donors (Lipinski definition) is 2. The molecule has 0 aliphatic carbocycles. The summed E-state index contributed by atoms with van der Waals surface area (Å²) in [6.45, 7) is 1.70. The maximum Gasteiger partial charge on any atom is 0.239 e. The molecule has 0 radical (unpaired) electrons. The zero-order valence-electron chi connectivity index (χ0n) is 12.9. The quantitative estimate of drug-likeness (QED) is 0.848. The summed E-state index contributed by atoms with van der Waals surface area (Å²) in [5.74, 6) is 0.000231. The Balaban J connectivity index is 1.62. The Labute approximate surface area is 141 Å². The Morgan fingerprint density at radius 2 is 2.09 bits per heavy atom. The van der Waals surface area contributed by atoms with Gasteiger partial charge in [-0.25, -0.2) is 0 Å². The molecule has 0 bridgehead atoms. The standard InChI is InChI=1S/C18H20ClN3O/c19-14-5-1-4-13(10-14)11-21-18(23)12-22-9-3-6-15-16(20)7-2-8-17(15)22/h1-2,4-5,7-8,10H,3,6,9,11-12,20H2,(H,21,23). The fraction of sp³-hybridized carbons (Fsp3) is 0.278. The van der Waals surface area contributed by atoms with Crippen molar-refractivity contribution in [3.63, 3.8) is 0 Å². The number of nitrogens with zero attached hydrogens (tertiary/aromatic N) is 1. The molecule has 0 saturated carbocycles. The largest absolute Gasteiger partial charge is 0.398 e. The predicted molar refractivity (Wildman–Crippen MR) is 94.7 cm³/mol. The van der Waals surface area contributed by atoms with E-state index in [1.807, 2.05) is 42.5 Å². The highest BCUT2D eigenvalue weighted by Gasteiger charge is 2.20. The first-order chi connectivity index (χ1) is 11.1. The smallest absolute Gasteiger partial charge is 0.239 e. The van der Waals surface area contributed by atoms with E-state index < -0.39 is 0 Å². The van der Waals surface area contributed by atoms with Crippen molar-refractivity contribution >= 4 is 28.9 Å². The molecule has 1 heterocycles. The van der Waals surface area contributed by atoms with E-state index in [1.54, 1.807) is 0 Å². The molecule has 0 fully saturated rings. The van der Waals surface area contributed by atoms with Crippen LogP contribution < -0.4 is 16.0 Å². The van der Waals surface area contributed by atoms with Crippen molar-refractivity contribution in [2.24, 2.45) is 0 Å². The molecular weight excluding hydrogens is 310 g/mol. The van der Waals surface area contributed by atoms with Gasteiger partial charge in [-0.1, -0.05) is 29.8 Å². The predicted octanol–water partition coefficient (Wildman–Crippen LogP) is 2.99. The number of anilines is 2. The number of halogens is 1. The maximum absolute atomic E-state index is 12.2. The van der Waals surface area contributed by atoms with Crippen LogP contribution in [0.1, 0.15) is 17.5 Å². The van der Waals surface area contributed by atoms with Crippen LogP contribution >= 0.6 is 11.6 Å². The van der Waals surface area contributed by atoms with Crippen LogP contribution in [-0.4, -0.2) is 19.0 Å². The lowest BCUT2D eigenvalue weighted by molar-refractivity contribution is -0.119. The number of carbonyl (C=O) groups excluding carboxylic acids is 1. The van der Waals surface area contributed by atoms with Gasteiger partial charge in [0.1, 0.15) is 0 Å². The number of rotatable bonds is 4. The van der Waals surface area contributed by atoms with Crippen LogP contribution in [0.3, 0.4) is 0 Å². The second-order valence-electron chi connectivity index (χ2n) is 5.78. The highest BCUT2D eigenvalue weighted by molar-refractivity contribution is 6.30. The summed E-state index contributed by atoms with van der Waals surface area (Å²) < 4.78 is 0. The van der Waals surface area contributed by atoms with E-state index in [-0.39, 0.29) is 5.91 Å². The summed E-state index contributed by atoms with van der Waals surface area (Å²) in [7, 11) is 0. The third-order valence-electron chi connectivity index (χ3n) is 4.10. The zero-order valence-corrected chi connectivity index (χ0v) is 13.6.